The number of nitrogens with zero attached hydrogens (tertiary/aromatic N) is 4. The first-order valence-corrected chi connectivity index (χ1v) is 10.7. The van der Waals surface area contributed by atoms with Gasteiger partial charge in [-0.05, 0) is 42.5 Å². The third-order valence-corrected chi connectivity index (χ3v) is 5.74. The van der Waals surface area contributed by atoms with E-state index < -0.39 is 0 Å². The molecule has 0 aliphatic carbocycles. The molecule has 0 spiro atoms. The molecule has 4 rings (SSSR count). The van der Waals surface area contributed by atoms with Crippen LogP contribution < -0.4 is 5.56 Å². The Morgan fingerprint density at radius 1 is 1.10 bits per heavy atom. The summed E-state index contributed by atoms with van der Waals surface area (Å²) >= 11 is 13.3. The Balaban J connectivity index is 1.61. The second-order valence-electron chi connectivity index (χ2n) is 6.31. The predicted octanol–water partition coefficient (Wildman–Crippen LogP) is 4.69. The summed E-state index contributed by atoms with van der Waals surface area (Å²) in [5, 5.41) is 6.19. The van der Waals surface area contributed by atoms with Crippen LogP contribution in [0.25, 0.3) is 22.3 Å². The topological polar surface area (TPSA) is 83.0 Å². The summed E-state index contributed by atoms with van der Waals surface area (Å²) in [5.74, 6) is 1.24. The van der Waals surface area contributed by atoms with E-state index in [0.717, 1.165) is 5.56 Å². The Kier molecular flexibility index (Phi) is 6.38. The Morgan fingerprint density at radius 3 is 2.63 bits per heavy atom. The van der Waals surface area contributed by atoms with Gasteiger partial charge in [-0.15, -0.1) is 0 Å². The maximum atomic E-state index is 12.9. The van der Waals surface area contributed by atoms with E-state index in [1.165, 1.54) is 11.8 Å². The van der Waals surface area contributed by atoms with Crippen molar-refractivity contribution in [3.8, 4) is 11.4 Å². The SMILES string of the molecule is COCCn1c(SCc2nc(-c3ccc(Cl)cc3)no2)nc2cc(Cl)ccc2c1=O. The minimum atomic E-state index is -0.149. The van der Waals surface area contributed by atoms with Crippen molar-refractivity contribution >= 4 is 45.9 Å². The highest BCUT2D eigenvalue weighted by Crippen LogP contribution is 2.25. The second-order valence-corrected chi connectivity index (χ2v) is 8.13. The van der Waals surface area contributed by atoms with Crippen molar-refractivity contribution in [2.75, 3.05) is 13.7 Å². The lowest BCUT2D eigenvalue weighted by atomic mass is 10.2. The van der Waals surface area contributed by atoms with E-state index in [9.17, 15) is 4.79 Å². The Hall–Kier alpha value is -2.39. The summed E-state index contributed by atoms with van der Waals surface area (Å²) in [6.07, 6.45) is 0. The average molecular weight is 463 g/mol. The highest BCUT2D eigenvalue weighted by molar-refractivity contribution is 7.98. The van der Waals surface area contributed by atoms with Crippen molar-refractivity contribution in [2.45, 2.75) is 17.5 Å². The standard InChI is InChI=1S/C20H16Cl2N4O3S/c1-28-9-8-26-19(27)15-7-6-14(22)10-16(15)23-20(26)30-11-17-24-18(25-29-17)12-2-4-13(21)5-3-12/h2-7,10H,8-9,11H2,1H3. The number of halogens is 2. The molecule has 0 amide bonds. The lowest BCUT2D eigenvalue weighted by Crippen LogP contribution is -2.25. The first kappa shape index (κ1) is 20.9. The molecule has 10 heteroatoms. The van der Waals surface area contributed by atoms with Crippen molar-refractivity contribution in [1.82, 2.24) is 19.7 Å². The first-order chi connectivity index (χ1) is 14.5. The summed E-state index contributed by atoms with van der Waals surface area (Å²) < 4.78 is 12.1. The maximum Gasteiger partial charge on any atom is 0.262 e. The molecule has 0 aliphatic heterocycles. The van der Waals surface area contributed by atoms with E-state index in [4.69, 9.17) is 32.5 Å². The van der Waals surface area contributed by atoms with Gasteiger partial charge in [0.2, 0.25) is 11.7 Å². The van der Waals surface area contributed by atoms with E-state index in [0.29, 0.717) is 56.7 Å². The van der Waals surface area contributed by atoms with Crippen molar-refractivity contribution in [3.05, 3.63) is 68.8 Å². The first-order valence-electron chi connectivity index (χ1n) is 8.95. The van der Waals surface area contributed by atoms with Gasteiger partial charge in [0, 0.05) is 22.7 Å². The van der Waals surface area contributed by atoms with Gasteiger partial charge < -0.3 is 9.26 Å². The number of methoxy groups -OCH3 is 1. The fourth-order valence-corrected chi connectivity index (χ4v) is 3.97. The Bertz CT molecular complexity index is 1240. The van der Waals surface area contributed by atoms with Crippen LogP contribution >= 0.6 is 35.0 Å². The smallest absolute Gasteiger partial charge is 0.262 e. The minimum absolute atomic E-state index is 0.149. The molecular weight excluding hydrogens is 447 g/mol. The van der Waals surface area contributed by atoms with Crippen molar-refractivity contribution in [1.29, 1.82) is 0 Å². The normalized spacial score (nSPS) is 11.3. The van der Waals surface area contributed by atoms with E-state index >= 15 is 0 Å². The highest BCUT2D eigenvalue weighted by atomic mass is 35.5. The molecule has 0 saturated heterocycles. The molecule has 30 heavy (non-hydrogen) atoms. The molecule has 0 radical (unpaired) electrons. The molecule has 2 aromatic carbocycles. The lowest BCUT2D eigenvalue weighted by molar-refractivity contribution is 0.183. The fourth-order valence-electron chi connectivity index (χ4n) is 2.82. The van der Waals surface area contributed by atoms with Gasteiger partial charge in [0.05, 0.1) is 29.8 Å². The molecule has 0 bridgehead atoms. The van der Waals surface area contributed by atoms with Crippen LogP contribution in [0.3, 0.4) is 0 Å². The number of fused-ring (bicyclic) bond motifs is 1. The van der Waals surface area contributed by atoms with Crippen LogP contribution in [0.1, 0.15) is 5.89 Å². The zero-order valence-corrected chi connectivity index (χ0v) is 18.2. The van der Waals surface area contributed by atoms with Gasteiger partial charge >= 0.3 is 0 Å². The summed E-state index contributed by atoms with van der Waals surface area (Å²) in [6, 6.07) is 12.2. The van der Waals surface area contributed by atoms with Gasteiger partial charge in [0.15, 0.2) is 5.16 Å². The summed E-state index contributed by atoms with van der Waals surface area (Å²) in [5.41, 5.74) is 1.19. The summed E-state index contributed by atoms with van der Waals surface area (Å²) in [4.78, 5) is 22.0. The van der Waals surface area contributed by atoms with Crippen LogP contribution in [0.5, 0.6) is 0 Å². The van der Waals surface area contributed by atoms with Crippen LogP contribution in [0, 0.1) is 0 Å². The zero-order chi connectivity index (χ0) is 21.1. The van der Waals surface area contributed by atoms with Gasteiger partial charge in [0.25, 0.3) is 5.56 Å². The van der Waals surface area contributed by atoms with Gasteiger partial charge in [-0.3, -0.25) is 9.36 Å². The number of hydrogen-bond donors (Lipinski definition) is 0. The largest absolute Gasteiger partial charge is 0.383 e. The van der Waals surface area contributed by atoms with Crippen molar-refractivity contribution in [2.24, 2.45) is 0 Å². The quantitative estimate of drug-likeness (QED) is 0.290. The van der Waals surface area contributed by atoms with Gasteiger partial charge in [-0.25, -0.2) is 4.98 Å². The van der Waals surface area contributed by atoms with Gasteiger partial charge in [-0.1, -0.05) is 40.1 Å². The molecule has 0 atom stereocenters. The Labute approximate surface area is 186 Å². The molecule has 2 aromatic heterocycles. The highest BCUT2D eigenvalue weighted by Gasteiger charge is 2.15. The number of benzene rings is 2. The number of thioether (sulfide) groups is 1. The third-order valence-electron chi connectivity index (χ3n) is 4.30. The molecule has 0 unspecified atom stereocenters. The third kappa shape index (κ3) is 4.52. The minimum Gasteiger partial charge on any atom is -0.383 e. The van der Waals surface area contributed by atoms with Gasteiger partial charge in [0.1, 0.15) is 0 Å². The summed E-state index contributed by atoms with van der Waals surface area (Å²) in [7, 11) is 1.59. The zero-order valence-electron chi connectivity index (χ0n) is 15.8. The van der Waals surface area contributed by atoms with E-state index in [1.807, 2.05) is 12.1 Å². The van der Waals surface area contributed by atoms with Crippen molar-refractivity contribution < 1.29 is 9.26 Å². The number of rotatable bonds is 7. The lowest BCUT2D eigenvalue weighted by Gasteiger charge is -2.12. The van der Waals surface area contributed by atoms with Crippen LogP contribution in [0.2, 0.25) is 10.0 Å². The van der Waals surface area contributed by atoms with E-state index in [1.54, 1.807) is 42.0 Å². The Morgan fingerprint density at radius 2 is 1.87 bits per heavy atom. The van der Waals surface area contributed by atoms with Crippen molar-refractivity contribution in [3.63, 3.8) is 0 Å². The maximum absolute atomic E-state index is 12.9. The molecule has 0 N–H and O–H groups in total. The fraction of sp³-hybridized carbons (Fsp3) is 0.200. The van der Waals surface area contributed by atoms with Crippen LogP contribution in [-0.4, -0.2) is 33.4 Å². The molecule has 2 heterocycles. The monoisotopic (exact) mass is 462 g/mol. The predicted molar refractivity (Wildman–Crippen MR) is 117 cm³/mol. The summed E-state index contributed by atoms with van der Waals surface area (Å²) in [6.45, 7) is 0.763. The van der Waals surface area contributed by atoms with E-state index in [2.05, 4.69) is 15.1 Å². The van der Waals surface area contributed by atoms with Crippen LogP contribution in [0.4, 0.5) is 0 Å². The number of hydrogen-bond acceptors (Lipinski definition) is 7. The molecule has 154 valence electrons. The average Bonchev–Trinajstić information content (AvgIpc) is 3.21. The van der Waals surface area contributed by atoms with Crippen LogP contribution in [-0.2, 0) is 17.0 Å². The molecule has 0 fully saturated rings. The molecule has 0 aliphatic rings. The number of aromatic nitrogens is 4. The number of ether oxygens (including phenoxy) is 1. The molecular formula is C20H16Cl2N4O3S. The van der Waals surface area contributed by atoms with Gasteiger partial charge in [-0.2, -0.15) is 4.98 Å². The molecule has 4 aromatic rings. The van der Waals surface area contributed by atoms with Crippen LogP contribution in [0.15, 0.2) is 56.9 Å². The second kappa shape index (κ2) is 9.18. The van der Waals surface area contributed by atoms with E-state index in [-0.39, 0.29) is 5.56 Å². The molecule has 7 nitrogen and oxygen atoms in total. The molecule has 0 saturated carbocycles.